The van der Waals surface area contributed by atoms with Gasteiger partial charge in [-0.25, -0.2) is 4.39 Å². The van der Waals surface area contributed by atoms with Crippen LogP contribution < -0.4 is 15.4 Å². The molecule has 4 heteroatoms. The van der Waals surface area contributed by atoms with Crippen LogP contribution in [-0.2, 0) is 0 Å². The lowest BCUT2D eigenvalue weighted by molar-refractivity contribution is 0.242. The van der Waals surface area contributed by atoms with Gasteiger partial charge in [0.15, 0.2) is 0 Å². The van der Waals surface area contributed by atoms with Gasteiger partial charge in [-0.3, -0.25) is 0 Å². The first-order valence-electron chi connectivity index (χ1n) is 7.10. The Hall–Kier alpha value is -2.23. The van der Waals surface area contributed by atoms with Crippen molar-refractivity contribution < 1.29 is 9.13 Å². The number of para-hydroxylation sites is 1. The van der Waals surface area contributed by atoms with Gasteiger partial charge in [0, 0.05) is 30.1 Å². The summed E-state index contributed by atoms with van der Waals surface area (Å²) >= 11 is 0. The first-order chi connectivity index (χ1) is 10.0. The van der Waals surface area contributed by atoms with E-state index in [9.17, 15) is 4.39 Å². The lowest BCUT2D eigenvalue weighted by atomic mass is 10.2. The van der Waals surface area contributed by atoms with Crippen molar-refractivity contribution in [2.75, 3.05) is 17.2 Å². The summed E-state index contributed by atoms with van der Waals surface area (Å²) in [5.41, 5.74) is 7.89. The number of anilines is 3. The summed E-state index contributed by atoms with van der Waals surface area (Å²) in [4.78, 5) is 1.87. The van der Waals surface area contributed by atoms with Crippen LogP contribution >= 0.6 is 0 Å². The Kier molecular flexibility index (Phi) is 4.68. The number of rotatable bonds is 5. The van der Waals surface area contributed by atoms with Crippen LogP contribution in [0.1, 0.15) is 20.8 Å². The fourth-order valence-electron chi connectivity index (χ4n) is 2.26. The van der Waals surface area contributed by atoms with Gasteiger partial charge in [-0.05, 0) is 39.0 Å². The van der Waals surface area contributed by atoms with Gasteiger partial charge in [0.25, 0.3) is 0 Å². The summed E-state index contributed by atoms with van der Waals surface area (Å²) in [5.74, 6) is 0.433. The monoisotopic (exact) mass is 288 g/mol. The zero-order valence-electron chi connectivity index (χ0n) is 12.6. The fraction of sp³-hybridized carbons (Fsp3) is 0.294. The molecule has 0 radical (unpaired) electrons. The van der Waals surface area contributed by atoms with Gasteiger partial charge >= 0.3 is 0 Å². The van der Waals surface area contributed by atoms with Gasteiger partial charge < -0.3 is 15.4 Å². The van der Waals surface area contributed by atoms with E-state index in [4.69, 9.17) is 10.5 Å². The van der Waals surface area contributed by atoms with E-state index in [1.165, 1.54) is 6.07 Å². The van der Waals surface area contributed by atoms with Gasteiger partial charge in [0.1, 0.15) is 11.6 Å². The predicted molar refractivity (Wildman–Crippen MR) is 85.7 cm³/mol. The van der Waals surface area contributed by atoms with Crippen LogP contribution in [0.25, 0.3) is 0 Å². The van der Waals surface area contributed by atoms with Crippen LogP contribution in [0, 0.1) is 5.82 Å². The molecule has 2 aromatic carbocycles. The van der Waals surface area contributed by atoms with E-state index in [0.29, 0.717) is 23.7 Å². The Morgan fingerprint density at radius 2 is 1.90 bits per heavy atom. The van der Waals surface area contributed by atoms with Crippen molar-refractivity contribution in [3.8, 4) is 5.75 Å². The minimum absolute atomic E-state index is 0.0585. The average Bonchev–Trinajstić information content (AvgIpc) is 2.40. The Balaban J connectivity index is 2.43. The number of ether oxygens (including phenoxy) is 1. The molecule has 0 aliphatic heterocycles. The second kappa shape index (κ2) is 6.48. The van der Waals surface area contributed by atoms with Crippen LogP contribution in [0.15, 0.2) is 42.5 Å². The first kappa shape index (κ1) is 15.2. The number of halogens is 1. The normalized spacial score (nSPS) is 10.7. The molecule has 0 saturated heterocycles. The number of hydrogen-bond donors (Lipinski definition) is 1. The van der Waals surface area contributed by atoms with E-state index in [0.717, 1.165) is 5.69 Å². The highest BCUT2D eigenvalue weighted by Gasteiger charge is 2.13. The summed E-state index contributed by atoms with van der Waals surface area (Å²) in [6.07, 6.45) is 0.0585. The summed E-state index contributed by atoms with van der Waals surface area (Å²) in [5, 5.41) is 0. The molecule has 0 spiro atoms. The molecule has 0 saturated carbocycles. The molecule has 2 N–H and O–H groups in total. The van der Waals surface area contributed by atoms with Crippen LogP contribution in [-0.4, -0.2) is 12.6 Å². The number of nitrogens with zero attached hydrogens (tertiary/aromatic N) is 1. The molecule has 2 aromatic rings. The molecule has 0 atom stereocenters. The maximum Gasteiger partial charge on any atom is 0.146 e. The zero-order chi connectivity index (χ0) is 15.4. The summed E-state index contributed by atoms with van der Waals surface area (Å²) in [7, 11) is 0. The summed E-state index contributed by atoms with van der Waals surface area (Å²) in [6.45, 7) is 6.51. The smallest absolute Gasteiger partial charge is 0.146 e. The van der Waals surface area contributed by atoms with Gasteiger partial charge in [0.2, 0.25) is 0 Å². The van der Waals surface area contributed by atoms with Crippen molar-refractivity contribution in [3.63, 3.8) is 0 Å². The van der Waals surface area contributed by atoms with E-state index < -0.39 is 0 Å². The molecule has 112 valence electrons. The Morgan fingerprint density at radius 3 is 2.52 bits per heavy atom. The highest BCUT2D eigenvalue weighted by atomic mass is 19.1. The van der Waals surface area contributed by atoms with Gasteiger partial charge in [-0.2, -0.15) is 0 Å². The number of hydrogen-bond acceptors (Lipinski definition) is 3. The molecule has 0 aliphatic carbocycles. The summed E-state index contributed by atoms with van der Waals surface area (Å²) in [6, 6.07) is 12.2. The van der Waals surface area contributed by atoms with Gasteiger partial charge in [-0.15, -0.1) is 0 Å². The third kappa shape index (κ3) is 3.66. The number of nitrogen functional groups attached to an aromatic ring is 1. The van der Waals surface area contributed by atoms with E-state index >= 15 is 0 Å². The molecular weight excluding hydrogens is 267 g/mol. The van der Waals surface area contributed by atoms with E-state index in [1.807, 2.05) is 43.9 Å². The molecule has 0 aliphatic rings. The molecule has 0 heterocycles. The zero-order valence-corrected chi connectivity index (χ0v) is 12.6. The largest absolute Gasteiger partial charge is 0.491 e. The SMILES string of the molecule is CCN(c1cc(N)cc(OC(C)C)c1)c1ccccc1F. The minimum Gasteiger partial charge on any atom is -0.491 e. The number of benzene rings is 2. The fourth-order valence-corrected chi connectivity index (χ4v) is 2.26. The third-order valence-electron chi connectivity index (χ3n) is 3.06. The van der Waals surface area contributed by atoms with E-state index in [-0.39, 0.29) is 11.9 Å². The maximum absolute atomic E-state index is 14.0. The molecule has 3 nitrogen and oxygen atoms in total. The molecule has 0 amide bonds. The highest BCUT2D eigenvalue weighted by molar-refractivity contribution is 5.69. The lowest BCUT2D eigenvalue weighted by Gasteiger charge is -2.25. The van der Waals surface area contributed by atoms with Crippen molar-refractivity contribution >= 4 is 17.1 Å². The van der Waals surface area contributed by atoms with Gasteiger partial charge in [0.05, 0.1) is 11.8 Å². The first-order valence-corrected chi connectivity index (χ1v) is 7.10. The Labute approximate surface area is 125 Å². The Morgan fingerprint density at radius 1 is 1.19 bits per heavy atom. The lowest BCUT2D eigenvalue weighted by Crippen LogP contribution is -2.18. The standard InChI is InChI=1S/C17H21FN2O/c1-4-20(17-8-6-5-7-16(17)18)14-9-13(19)10-15(11-14)21-12(2)3/h5-12H,4,19H2,1-3H3. The average molecular weight is 288 g/mol. The molecule has 0 fully saturated rings. The molecular formula is C17H21FN2O. The van der Waals surface area contributed by atoms with Crippen molar-refractivity contribution in [2.45, 2.75) is 26.9 Å². The van der Waals surface area contributed by atoms with Crippen molar-refractivity contribution in [2.24, 2.45) is 0 Å². The molecule has 2 rings (SSSR count). The van der Waals surface area contributed by atoms with Crippen molar-refractivity contribution in [1.29, 1.82) is 0 Å². The van der Waals surface area contributed by atoms with Crippen LogP contribution in [0.2, 0.25) is 0 Å². The molecule has 0 unspecified atom stereocenters. The quantitative estimate of drug-likeness (QED) is 0.831. The van der Waals surface area contributed by atoms with Gasteiger partial charge in [-0.1, -0.05) is 12.1 Å². The maximum atomic E-state index is 14.0. The second-order valence-corrected chi connectivity index (χ2v) is 5.12. The van der Waals surface area contributed by atoms with Crippen LogP contribution in [0.4, 0.5) is 21.5 Å². The number of nitrogens with two attached hydrogens (primary N) is 1. The third-order valence-corrected chi connectivity index (χ3v) is 3.06. The minimum atomic E-state index is -0.256. The van der Waals surface area contributed by atoms with Crippen LogP contribution in [0.5, 0.6) is 5.75 Å². The van der Waals surface area contributed by atoms with E-state index in [2.05, 4.69) is 0 Å². The van der Waals surface area contributed by atoms with Crippen molar-refractivity contribution in [3.05, 3.63) is 48.3 Å². The predicted octanol–water partition coefficient (Wildman–Crippen LogP) is 4.35. The van der Waals surface area contributed by atoms with E-state index in [1.54, 1.807) is 18.2 Å². The van der Waals surface area contributed by atoms with Crippen LogP contribution in [0.3, 0.4) is 0 Å². The molecule has 21 heavy (non-hydrogen) atoms. The molecule has 0 bridgehead atoms. The summed E-state index contributed by atoms with van der Waals surface area (Å²) < 4.78 is 19.7. The topological polar surface area (TPSA) is 38.5 Å². The Bertz CT molecular complexity index is 613. The molecule has 0 aromatic heterocycles. The second-order valence-electron chi connectivity index (χ2n) is 5.12. The highest BCUT2D eigenvalue weighted by Crippen LogP contribution is 2.32. The van der Waals surface area contributed by atoms with Crippen molar-refractivity contribution in [1.82, 2.24) is 0 Å².